The highest BCUT2D eigenvalue weighted by Gasteiger charge is 2.23. The van der Waals surface area contributed by atoms with Crippen LogP contribution in [0.5, 0.6) is 0 Å². The number of aromatic nitrogens is 2. The molecule has 3 nitrogen and oxygen atoms in total. The number of hydrogen-bond acceptors (Lipinski definition) is 3. The Morgan fingerprint density at radius 2 is 2.16 bits per heavy atom. The lowest BCUT2D eigenvalue weighted by molar-refractivity contribution is 0.431. The highest BCUT2D eigenvalue weighted by molar-refractivity contribution is 9.10. The molecular formula is C15H24BrN3. The molecular weight excluding hydrogens is 302 g/mol. The third-order valence-electron chi connectivity index (χ3n) is 3.76. The summed E-state index contributed by atoms with van der Waals surface area (Å²) in [5, 5.41) is 0. The van der Waals surface area contributed by atoms with Crippen molar-refractivity contribution in [2.45, 2.75) is 64.8 Å². The first-order valence-corrected chi connectivity index (χ1v) is 8.22. The van der Waals surface area contributed by atoms with Gasteiger partial charge < -0.3 is 4.90 Å². The van der Waals surface area contributed by atoms with Crippen molar-refractivity contribution in [3.8, 4) is 0 Å². The van der Waals surface area contributed by atoms with Crippen molar-refractivity contribution >= 4 is 21.7 Å². The molecule has 1 fully saturated rings. The van der Waals surface area contributed by atoms with E-state index >= 15 is 0 Å². The molecule has 106 valence electrons. The molecule has 2 rings (SSSR count). The predicted octanol–water partition coefficient (Wildman–Crippen LogP) is 4.52. The topological polar surface area (TPSA) is 29.0 Å². The average Bonchev–Trinajstić information content (AvgIpc) is 2.39. The normalized spacial score (nSPS) is 20.1. The van der Waals surface area contributed by atoms with Crippen LogP contribution in [0.15, 0.2) is 10.7 Å². The Balaban J connectivity index is 2.27. The molecule has 4 heteroatoms. The Kier molecular flexibility index (Phi) is 5.20. The third-order valence-corrected chi connectivity index (χ3v) is 4.16. The van der Waals surface area contributed by atoms with Crippen molar-refractivity contribution in [2.75, 3.05) is 11.4 Å². The molecule has 0 amide bonds. The SMILES string of the molecule is CCCC1CCCCN1c1cc(Br)nc(C(C)C)n1. The zero-order valence-electron chi connectivity index (χ0n) is 12.2. The lowest BCUT2D eigenvalue weighted by Crippen LogP contribution is -2.40. The van der Waals surface area contributed by atoms with Gasteiger partial charge in [-0.3, -0.25) is 0 Å². The van der Waals surface area contributed by atoms with Gasteiger partial charge in [0.15, 0.2) is 0 Å². The summed E-state index contributed by atoms with van der Waals surface area (Å²) in [4.78, 5) is 11.7. The summed E-state index contributed by atoms with van der Waals surface area (Å²) in [5.74, 6) is 2.40. The van der Waals surface area contributed by atoms with Crippen molar-refractivity contribution in [1.29, 1.82) is 0 Å². The quantitative estimate of drug-likeness (QED) is 0.762. The van der Waals surface area contributed by atoms with Gasteiger partial charge in [0.2, 0.25) is 0 Å². The van der Waals surface area contributed by atoms with E-state index in [1.807, 2.05) is 0 Å². The number of nitrogens with zero attached hydrogens (tertiary/aromatic N) is 3. The first-order valence-electron chi connectivity index (χ1n) is 7.43. The molecule has 1 aromatic rings. The molecule has 2 heterocycles. The lowest BCUT2D eigenvalue weighted by Gasteiger charge is -2.37. The van der Waals surface area contributed by atoms with Crippen molar-refractivity contribution in [3.63, 3.8) is 0 Å². The summed E-state index contributed by atoms with van der Waals surface area (Å²) in [6.07, 6.45) is 6.43. The molecule has 1 unspecified atom stereocenters. The van der Waals surface area contributed by atoms with Crippen molar-refractivity contribution in [1.82, 2.24) is 9.97 Å². The van der Waals surface area contributed by atoms with E-state index in [1.54, 1.807) is 0 Å². The number of piperidine rings is 1. The largest absolute Gasteiger partial charge is 0.353 e. The molecule has 0 N–H and O–H groups in total. The zero-order valence-corrected chi connectivity index (χ0v) is 13.8. The van der Waals surface area contributed by atoms with E-state index in [9.17, 15) is 0 Å². The van der Waals surface area contributed by atoms with Crippen LogP contribution in [-0.4, -0.2) is 22.6 Å². The Hall–Kier alpha value is -0.640. The monoisotopic (exact) mass is 325 g/mol. The molecule has 1 aliphatic rings. The molecule has 0 radical (unpaired) electrons. The molecule has 0 aromatic carbocycles. The minimum atomic E-state index is 0.366. The fourth-order valence-corrected chi connectivity index (χ4v) is 3.15. The second-order valence-corrected chi connectivity index (χ2v) is 6.51. The second-order valence-electron chi connectivity index (χ2n) is 5.69. The third kappa shape index (κ3) is 3.68. The lowest BCUT2D eigenvalue weighted by atomic mass is 9.98. The zero-order chi connectivity index (χ0) is 13.8. The van der Waals surface area contributed by atoms with Crippen LogP contribution in [0.3, 0.4) is 0 Å². The van der Waals surface area contributed by atoms with Crippen LogP contribution in [0.25, 0.3) is 0 Å². The van der Waals surface area contributed by atoms with Crippen LogP contribution in [0.2, 0.25) is 0 Å². The van der Waals surface area contributed by atoms with Gasteiger partial charge in [0.05, 0.1) is 0 Å². The maximum Gasteiger partial charge on any atom is 0.134 e. The Labute approximate surface area is 125 Å². The Morgan fingerprint density at radius 3 is 2.84 bits per heavy atom. The molecule has 0 aliphatic carbocycles. The smallest absolute Gasteiger partial charge is 0.134 e. The van der Waals surface area contributed by atoms with E-state index in [0.29, 0.717) is 12.0 Å². The summed E-state index contributed by atoms with van der Waals surface area (Å²) >= 11 is 3.53. The predicted molar refractivity (Wildman–Crippen MR) is 83.7 cm³/mol. The number of halogens is 1. The van der Waals surface area contributed by atoms with E-state index < -0.39 is 0 Å². The van der Waals surface area contributed by atoms with E-state index in [4.69, 9.17) is 4.98 Å². The van der Waals surface area contributed by atoms with E-state index in [-0.39, 0.29) is 0 Å². The van der Waals surface area contributed by atoms with Gasteiger partial charge in [0, 0.05) is 24.6 Å². The maximum atomic E-state index is 4.77. The van der Waals surface area contributed by atoms with Gasteiger partial charge in [0.25, 0.3) is 0 Å². The highest BCUT2D eigenvalue weighted by atomic mass is 79.9. The molecule has 1 aromatic heterocycles. The van der Waals surface area contributed by atoms with Crippen LogP contribution in [-0.2, 0) is 0 Å². The number of rotatable bonds is 4. The average molecular weight is 326 g/mol. The van der Waals surface area contributed by atoms with Gasteiger partial charge in [-0.1, -0.05) is 27.2 Å². The van der Waals surface area contributed by atoms with Crippen LogP contribution >= 0.6 is 15.9 Å². The molecule has 1 aliphatic heterocycles. The van der Waals surface area contributed by atoms with Crippen molar-refractivity contribution in [2.24, 2.45) is 0 Å². The van der Waals surface area contributed by atoms with Crippen molar-refractivity contribution < 1.29 is 0 Å². The van der Waals surface area contributed by atoms with Gasteiger partial charge in [-0.2, -0.15) is 0 Å². The molecule has 0 spiro atoms. The first-order chi connectivity index (χ1) is 9.11. The fourth-order valence-electron chi connectivity index (χ4n) is 2.76. The van der Waals surface area contributed by atoms with E-state index in [0.717, 1.165) is 22.8 Å². The van der Waals surface area contributed by atoms with Gasteiger partial charge in [-0.05, 0) is 41.6 Å². The van der Waals surface area contributed by atoms with Crippen LogP contribution in [0, 0.1) is 0 Å². The van der Waals surface area contributed by atoms with Crippen molar-refractivity contribution in [3.05, 3.63) is 16.5 Å². The van der Waals surface area contributed by atoms with Gasteiger partial charge in [-0.25, -0.2) is 9.97 Å². The summed E-state index contributed by atoms with van der Waals surface area (Å²) in [6.45, 7) is 7.68. The fraction of sp³-hybridized carbons (Fsp3) is 0.733. The first kappa shape index (κ1) is 14.8. The molecule has 0 saturated carbocycles. The molecule has 0 bridgehead atoms. The van der Waals surface area contributed by atoms with Crippen LogP contribution in [0.4, 0.5) is 5.82 Å². The molecule has 1 saturated heterocycles. The minimum Gasteiger partial charge on any atom is -0.353 e. The number of anilines is 1. The van der Waals surface area contributed by atoms with Crippen LogP contribution in [0.1, 0.15) is 64.6 Å². The summed E-state index contributed by atoms with van der Waals surface area (Å²) in [7, 11) is 0. The second kappa shape index (κ2) is 6.69. The molecule has 1 atom stereocenters. The van der Waals surface area contributed by atoms with Crippen LogP contribution < -0.4 is 4.90 Å². The highest BCUT2D eigenvalue weighted by Crippen LogP contribution is 2.28. The van der Waals surface area contributed by atoms with Gasteiger partial charge >= 0.3 is 0 Å². The summed E-state index contributed by atoms with van der Waals surface area (Å²) in [5.41, 5.74) is 0. The molecule has 19 heavy (non-hydrogen) atoms. The van der Waals surface area contributed by atoms with Gasteiger partial charge in [0.1, 0.15) is 16.2 Å². The maximum absolute atomic E-state index is 4.77. The Bertz CT molecular complexity index is 418. The number of hydrogen-bond donors (Lipinski definition) is 0. The van der Waals surface area contributed by atoms with Gasteiger partial charge in [-0.15, -0.1) is 0 Å². The standard InChI is InChI=1S/C15H24BrN3/c1-4-7-12-8-5-6-9-19(12)14-10-13(16)17-15(18-14)11(2)3/h10-12H,4-9H2,1-3H3. The Morgan fingerprint density at radius 1 is 1.37 bits per heavy atom. The van der Waals surface area contributed by atoms with E-state index in [1.165, 1.54) is 32.1 Å². The summed E-state index contributed by atoms with van der Waals surface area (Å²) in [6, 6.07) is 2.72. The summed E-state index contributed by atoms with van der Waals surface area (Å²) < 4.78 is 0.905. The minimum absolute atomic E-state index is 0.366. The van der Waals surface area contributed by atoms with E-state index in [2.05, 4.69) is 52.7 Å².